The second-order valence-corrected chi connectivity index (χ2v) is 16.6. The van der Waals surface area contributed by atoms with Crippen molar-refractivity contribution in [3.05, 3.63) is 17.6 Å². The van der Waals surface area contributed by atoms with E-state index in [1.165, 1.54) is 20.2 Å². The van der Waals surface area contributed by atoms with E-state index < -0.39 is 24.3 Å². The highest BCUT2D eigenvalue weighted by Crippen LogP contribution is 2.45. The van der Waals surface area contributed by atoms with Crippen LogP contribution in [0.5, 0.6) is 5.75 Å². The molecule has 1 N–H and O–H groups in total. The van der Waals surface area contributed by atoms with Gasteiger partial charge in [0.25, 0.3) is 8.32 Å². The van der Waals surface area contributed by atoms with Gasteiger partial charge < -0.3 is 9.53 Å². The van der Waals surface area contributed by atoms with Crippen molar-refractivity contribution in [3.8, 4) is 5.75 Å². The molecule has 0 amide bonds. The van der Waals surface area contributed by atoms with Crippen LogP contribution >= 0.6 is 0 Å². The Labute approximate surface area is 191 Å². The molecular weight excluding hydrogens is 448 g/mol. The Balaban J connectivity index is 2.99. The van der Waals surface area contributed by atoms with Crippen LogP contribution in [0.25, 0.3) is 11.0 Å². The quantitative estimate of drug-likeness (QED) is 0.523. The van der Waals surface area contributed by atoms with E-state index in [0.717, 1.165) is 4.31 Å². The Morgan fingerprint density at radius 3 is 2.06 bits per heavy atom. The standard InChI is InChI=1S/C21H34N4O5SSi/c1-10-31(28,29)25(9)20-17-16(23-15(8)11-22-17)19(18(24-20)21(26)27)30-32(12(2)3,13(4)5)14(6)7/h11-14H,10H2,1-9H3,(H,26,27). The zero-order valence-electron chi connectivity index (χ0n) is 20.3. The van der Waals surface area contributed by atoms with E-state index in [1.54, 1.807) is 6.92 Å². The summed E-state index contributed by atoms with van der Waals surface area (Å²) in [5, 5.41) is 10.0. The summed E-state index contributed by atoms with van der Waals surface area (Å²) in [7, 11) is -4.94. The van der Waals surface area contributed by atoms with Crippen LogP contribution in [0, 0.1) is 6.92 Å². The maximum atomic E-state index is 12.5. The second-order valence-electron chi connectivity index (χ2n) is 8.91. The van der Waals surface area contributed by atoms with Crippen molar-refractivity contribution in [2.45, 2.75) is 72.0 Å². The number of carbonyl (C=O) groups is 1. The van der Waals surface area contributed by atoms with Gasteiger partial charge in [-0.3, -0.25) is 4.31 Å². The second kappa shape index (κ2) is 9.30. The minimum Gasteiger partial charge on any atom is -0.540 e. The lowest BCUT2D eigenvalue weighted by Gasteiger charge is -2.42. The van der Waals surface area contributed by atoms with Crippen molar-refractivity contribution < 1.29 is 22.7 Å². The highest BCUT2D eigenvalue weighted by atomic mass is 32.2. The number of carboxylic acids is 1. The lowest BCUT2D eigenvalue weighted by Crippen LogP contribution is -2.51. The smallest absolute Gasteiger partial charge is 0.358 e. The summed E-state index contributed by atoms with van der Waals surface area (Å²) in [4.78, 5) is 25.5. The number of aryl methyl sites for hydroxylation is 1. The molecular formula is C21H34N4O5SSi. The number of rotatable bonds is 9. The maximum Gasteiger partial charge on any atom is 0.358 e. The molecule has 0 aliphatic heterocycles. The zero-order valence-corrected chi connectivity index (χ0v) is 22.1. The van der Waals surface area contributed by atoms with Crippen molar-refractivity contribution in [2.24, 2.45) is 0 Å². The first kappa shape index (κ1) is 26.0. The van der Waals surface area contributed by atoms with Crippen LogP contribution in [0.1, 0.15) is 64.6 Å². The number of sulfonamides is 1. The lowest BCUT2D eigenvalue weighted by atomic mass is 10.2. The molecule has 2 heterocycles. The molecule has 9 nitrogen and oxygen atoms in total. The van der Waals surface area contributed by atoms with Gasteiger partial charge in [0, 0.05) is 13.2 Å². The van der Waals surface area contributed by atoms with Gasteiger partial charge in [-0.1, -0.05) is 41.5 Å². The van der Waals surface area contributed by atoms with Crippen LogP contribution in [-0.2, 0) is 10.0 Å². The van der Waals surface area contributed by atoms with Gasteiger partial charge in [0.15, 0.2) is 17.3 Å². The minimum absolute atomic E-state index is 0.0671. The third-order valence-corrected chi connectivity index (χ3v) is 13.7. The first-order valence-electron chi connectivity index (χ1n) is 10.8. The number of hydrogen-bond acceptors (Lipinski definition) is 7. The summed E-state index contributed by atoms with van der Waals surface area (Å²) < 4.78 is 32.8. The molecule has 0 bridgehead atoms. The Hall–Kier alpha value is -2.27. The number of nitrogens with zero attached hydrogens (tertiary/aromatic N) is 4. The van der Waals surface area contributed by atoms with Crippen LogP contribution in [0.2, 0.25) is 16.6 Å². The molecule has 0 atom stereocenters. The number of fused-ring (bicyclic) bond motifs is 1. The van der Waals surface area contributed by atoms with E-state index >= 15 is 0 Å². The average Bonchev–Trinajstić information content (AvgIpc) is 2.69. The molecule has 2 rings (SSSR count). The normalized spacial score (nSPS) is 12.8. The molecule has 178 valence electrons. The SMILES string of the molecule is CCS(=O)(=O)N(C)c1nc(C(=O)O)c(O[Si](C(C)C)(C(C)C)C(C)C)c2nc(C)cnc12. The van der Waals surface area contributed by atoms with Gasteiger partial charge in [0.05, 0.1) is 11.4 Å². The minimum atomic E-state index is -3.71. The molecule has 0 aliphatic carbocycles. The molecule has 0 aromatic carbocycles. The van der Waals surface area contributed by atoms with Gasteiger partial charge in [-0.25, -0.2) is 28.2 Å². The summed E-state index contributed by atoms with van der Waals surface area (Å²) in [6.45, 7) is 15.8. The molecule has 0 aliphatic rings. The molecule has 2 aromatic rings. The summed E-state index contributed by atoms with van der Waals surface area (Å²) in [6.07, 6.45) is 1.50. The van der Waals surface area contributed by atoms with Crippen LogP contribution < -0.4 is 8.73 Å². The lowest BCUT2D eigenvalue weighted by molar-refractivity contribution is 0.0688. The fraction of sp³-hybridized carbons (Fsp3) is 0.619. The van der Waals surface area contributed by atoms with E-state index in [1.807, 2.05) is 0 Å². The van der Waals surface area contributed by atoms with E-state index in [4.69, 9.17) is 4.43 Å². The van der Waals surface area contributed by atoms with Crippen LogP contribution in [-0.4, -0.2) is 55.6 Å². The van der Waals surface area contributed by atoms with Crippen LogP contribution in [0.3, 0.4) is 0 Å². The summed E-state index contributed by atoms with van der Waals surface area (Å²) >= 11 is 0. The monoisotopic (exact) mass is 482 g/mol. The van der Waals surface area contributed by atoms with Gasteiger partial charge in [0.2, 0.25) is 10.0 Å². The van der Waals surface area contributed by atoms with Gasteiger partial charge in [0.1, 0.15) is 11.0 Å². The average molecular weight is 483 g/mol. The van der Waals surface area contributed by atoms with Crippen molar-refractivity contribution >= 4 is 41.2 Å². The van der Waals surface area contributed by atoms with Gasteiger partial charge >= 0.3 is 5.97 Å². The fourth-order valence-electron chi connectivity index (χ4n) is 4.44. The molecule has 0 radical (unpaired) electrons. The number of aromatic carboxylic acids is 1. The number of anilines is 1. The van der Waals surface area contributed by atoms with E-state index in [9.17, 15) is 18.3 Å². The number of carboxylic acid groups (broad SMARTS) is 1. The summed E-state index contributed by atoms with van der Waals surface area (Å²) in [6, 6.07) is 0. The predicted molar refractivity (Wildman–Crippen MR) is 129 cm³/mol. The van der Waals surface area contributed by atoms with Gasteiger partial charge in [-0.05, 0) is 30.5 Å². The zero-order chi connectivity index (χ0) is 24.6. The topological polar surface area (TPSA) is 123 Å². The molecule has 11 heteroatoms. The third-order valence-electron chi connectivity index (χ3n) is 6.02. The van der Waals surface area contributed by atoms with E-state index in [0.29, 0.717) is 5.69 Å². The molecule has 2 aromatic heterocycles. The van der Waals surface area contributed by atoms with Crippen molar-refractivity contribution in [3.63, 3.8) is 0 Å². The molecule has 0 saturated carbocycles. The number of pyridine rings is 1. The van der Waals surface area contributed by atoms with Crippen molar-refractivity contribution in [2.75, 3.05) is 17.1 Å². The molecule has 32 heavy (non-hydrogen) atoms. The Morgan fingerprint density at radius 1 is 1.09 bits per heavy atom. The Morgan fingerprint density at radius 2 is 1.62 bits per heavy atom. The van der Waals surface area contributed by atoms with Gasteiger partial charge in [-0.15, -0.1) is 0 Å². The van der Waals surface area contributed by atoms with Crippen LogP contribution in [0.4, 0.5) is 5.82 Å². The third kappa shape index (κ3) is 4.45. The van der Waals surface area contributed by atoms with E-state index in [2.05, 4.69) is 56.5 Å². The largest absolute Gasteiger partial charge is 0.540 e. The van der Waals surface area contributed by atoms with Gasteiger partial charge in [-0.2, -0.15) is 0 Å². The molecule has 0 spiro atoms. The molecule has 0 saturated heterocycles. The Bertz CT molecular complexity index is 1100. The van der Waals surface area contributed by atoms with Crippen molar-refractivity contribution in [1.29, 1.82) is 0 Å². The summed E-state index contributed by atoms with van der Waals surface area (Å²) in [5.74, 6) is -1.49. The number of hydrogen-bond donors (Lipinski definition) is 1. The highest BCUT2D eigenvalue weighted by molar-refractivity contribution is 7.92. The van der Waals surface area contributed by atoms with Crippen LogP contribution in [0.15, 0.2) is 6.20 Å². The predicted octanol–water partition coefficient (Wildman–Crippen LogP) is 4.37. The Kier molecular flexibility index (Phi) is 7.55. The molecule has 0 fully saturated rings. The maximum absolute atomic E-state index is 12.5. The summed E-state index contributed by atoms with van der Waals surface area (Å²) in [5.41, 5.74) is 1.14. The number of aromatic nitrogens is 3. The first-order valence-corrected chi connectivity index (χ1v) is 14.5. The molecule has 0 unspecified atom stereocenters. The first-order chi connectivity index (χ1) is 14.7. The van der Waals surface area contributed by atoms with Crippen molar-refractivity contribution in [1.82, 2.24) is 15.0 Å². The van der Waals surface area contributed by atoms with E-state index in [-0.39, 0.29) is 50.7 Å². The highest BCUT2D eigenvalue weighted by Gasteiger charge is 2.48. The fourth-order valence-corrected chi connectivity index (χ4v) is 10.5.